The Morgan fingerprint density at radius 2 is 0.856 bits per heavy atom. The molecule has 28 heteroatoms. The van der Waals surface area contributed by atoms with E-state index in [0.29, 0.717) is 155 Å². The maximum atomic E-state index is 13.0. The van der Waals surface area contributed by atoms with Gasteiger partial charge in [-0.1, -0.05) is 16.7 Å². The second-order valence-electron chi connectivity index (χ2n) is 23.2. The minimum atomic E-state index is -0.658. The quantitative estimate of drug-likeness (QED) is 0.0181. The second kappa shape index (κ2) is 55.5. The maximum Gasteiger partial charge on any atom is 0.245 e. The number of ether oxygens (including phenoxy) is 8. The van der Waals surface area contributed by atoms with E-state index in [0.717, 1.165) is 44.9 Å². The number of likely N-dealkylation sites (N-methyl/N-ethyl adjacent to an activating group) is 1. The predicted molar refractivity (Wildman–Crippen MR) is 341 cm³/mol. The van der Waals surface area contributed by atoms with E-state index >= 15 is 0 Å². The lowest BCUT2D eigenvalue weighted by Crippen LogP contribution is -2.57. The Morgan fingerprint density at radius 1 is 0.456 bits per heavy atom. The number of nitrogens with two attached hydrogens (primary N) is 1. The first-order valence-corrected chi connectivity index (χ1v) is 32.2. The van der Waals surface area contributed by atoms with Gasteiger partial charge in [0, 0.05) is 97.5 Å². The normalized spacial score (nSPS) is 12.9. The minimum absolute atomic E-state index is 0.000669. The molecule has 0 aliphatic rings. The highest BCUT2D eigenvalue weighted by Crippen LogP contribution is 2.16. The number of carbonyl (C=O) groups is 8. The lowest BCUT2D eigenvalue weighted by molar-refractivity contribution is -0.129. The third-order valence-corrected chi connectivity index (χ3v) is 14.8. The number of nitrogens with one attached hydrogen (secondary N) is 7. The Kier molecular flexibility index (Phi) is 52.3. The first-order chi connectivity index (χ1) is 43.1. The summed E-state index contributed by atoms with van der Waals surface area (Å²) < 4.78 is 43.9. The van der Waals surface area contributed by atoms with Crippen molar-refractivity contribution in [3.8, 4) is 0 Å². The van der Waals surface area contributed by atoms with E-state index in [1.165, 1.54) is 7.05 Å². The van der Waals surface area contributed by atoms with Crippen molar-refractivity contribution in [2.24, 2.45) is 22.0 Å². The van der Waals surface area contributed by atoms with Gasteiger partial charge in [0.15, 0.2) is 5.78 Å². The van der Waals surface area contributed by atoms with Crippen LogP contribution >= 0.6 is 0 Å². The molecule has 522 valence electrons. The lowest BCUT2D eigenvalue weighted by Gasteiger charge is -2.32. The molecular weight excluding hydrogens is 1170 g/mol. The molecule has 0 rings (SSSR count). The zero-order valence-corrected chi connectivity index (χ0v) is 55.7. The van der Waals surface area contributed by atoms with Crippen LogP contribution in [0, 0.1) is 5.92 Å². The molecule has 0 heterocycles. The predicted octanol–water partition coefficient (Wildman–Crippen LogP) is 2.83. The number of Topliss-reactive ketones (excluding diaryl/α,β-unsaturated/α-hetero) is 3. The fourth-order valence-corrected chi connectivity index (χ4v) is 8.46. The summed E-state index contributed by atoms with van der Waals surface area (Å²) in [4.78, 5) is 98.4. The van der Waals surface area contributed by atoms with Gasteiger partial charge in [-0.05, 0) is 126 Å². The molecule has 0 aliphatic heterocycles. The van der Waals surface area contributed by atoms with Crippen LogP contribution < -0.4 is 43.0 Å². The van der Waals surface area contributed by atoms with Crippen LogP contribution in [0.2, 0.25) is 0 Å². The number of oxime groups is 2. The number of primary amides is 1. The van der Waals surface area contributed by atoms with Gasteiger partial charge in [0.2, 0.25) is 29.5 Å². The van der Waals surface area contributed by atoms with Crippen LogP contribution in [0.25, 0.3) is 0 Å². The molecule has 90 heavy (non-hydrogen) atoms. The van der Waals surface area contributed by atoms with Gasteiger partial charge in [0.25, 0.3) is 0 Å². The largest absolute Gasteiger partial charge is 0.411 e. The monoisotopic (exact) mass is 1290 g/mol. The van der Waals surface area contributed by atoms with Gasteiger partial charge in [-0.3, -0.25) is 38.4 Å². The number of rotatable bonds is 64. The molecule has 0 unspecified atom stereocenters. The number of nitrogens with zero attached hydrogens (tertiary/aromatic N) is 2. The fraction of sp³-hybridized carbons (Fsp3) is 0.839. The van der Waals surface area contributed by atoms with E-state index in [1.54, 1.807) is 20.9 Å². The van der Waals surface area contributed by atoms with Gasteiger partial charge >= 0.3 is 0 Å². The van der Waals surface area contributed by atoms with Crippen molar-refractivity contribution < 1.29 is 86.7 Å². The Morgan fingerprint density at radius 3 is 1.28 bits per heavy atom. The van der Waals surface area contributed by atoms with Gasteiger partial charge in [0.1, 0.15) is 31.4 Å². The Labute approximate surface area is 535 Å². The molecule has 0 aromatic rings. The summed E-state index contributed by atoms with van der Waals surface area (Å²) in [5, 5.41) is 45.9. The van der Waals surface area contributed by atoms with Gasteiger partial charge in [-0.15, -0.1) is 0 Å². The first-order valence-electron chi connectivity index (χ1n) is 32.2. The van der Waals surface area contributed by atoms with E-state index in [9.17, 15) is 48.8 Å². The topological polar surface area (TPSA) is 386 Å². The molecule has 0 saturated heterocycles. The molecule has 28 nitrogen and oxygen atoms in total. The summed E-state index contributed by atoms with van der Waals surface area (Å²) in [5.74, 6) is -1.81. The molecular formula is C62H116N10O18. The molecule has 11 N–H and O–H groups in total. The van der Waals surface area contributed by atoms with Crippen LogP contribution in [0.5, 0.6) is 0 Å². The zero-order valence-electron chi connectivity index (χ0n) is 55.7. The molecule has 2 atom stereocenters. The standard InChI is InChI=1S/C62H116N10O18/c1-48(71-81)61(3,4)68-43-51(44-69-62(5,6)49(2)72-82)70-56(76)26-19-24-53(74)42-50(60(80)65-8)20-9-14-27-66-57(77)47-90-41-38-87-37-39-88-45-54(75)23-13-18-31-84-33-35-86-34-32-83-29-16-11-21-52(73)22-12-17-30-85-36-40-89-46-58(78)67-28-15-10-25-55(64-7)59(63)79/h50-51,55,64,68-69,81-82H,9-47H2,1-8H3,(H2,63,79)(H,65,80)(H,66,77)(H,67,78)(H,70,76)/b71-48-,72-49-/t50-,55+/m1/s1. The van der Waals surface area contributed by atoms with Gasteiger partial charge in [0.05, 0.1) is 101 Å². The molecule has 0 spiro atoms. The number of carbonyl (C=O) groups excluding carboxylic acids is 8. The average Bonchev–Trinajstić information content (AvgIpc) is 2.14. The van der Waals surface area contributed by atoms with Crippen LogP contribution in [-0.4, -0.2) is 238 Å². The molecule has 0 bridgehead atoms. The van der Waals surface area contributed by atoms with Crippen LogP contribution in [0.1, 0.15) is 164 Å². The lowest BCUT2D eigenvalue weighted by atomic mass is 9.93. The maximum absolute atomic E-state index is 13.0. The zero-order chi connectivity index (χ0) is 67.1. The minimum Gasteiger partial charge on any atom is -0.411 e. The second-order valence-corrected chi connectivity index (χ2v) is 23.2. The van der Waals surface area contributed by atoms with Gasteiger partial charge < -0.3 is 91.3 Å². The molecule has 5 amide bonds. The highest BCUT2D eigenvalue weighted by molar-refractivity contribution is 5.91. The van der Waals surface area contributed by atoms with Crippen molar-refractivity contribution >= 4 is 58.3 Å². The van der Waals surface area contributed by atoms with E-state index < -0.39 is 23.0 Å². The van der Waals surface area contributed by atoms with Crippen LogP contribution in [-0.2, 0) is 76.3 Å². The molecule has 0 aliphatic carbocycles. The molecule has 0 aromatic heterocycles. The third-order valence-electron chi connectivity index (χ3n) is 14.8. The van der Waals surface area contributed by atoms with Crippen LogP contribution in [0.4, 0.5) is 0 Å². The number of amides is 5. The van der Waals surface area contributed by atoms with Crippen molar-refractivity contribution in [1.82, 2.24) is 37.2 Å². The van der Waals surface area contributed by atoms with E-state index in [-0.39, 0.29) is 118 Å². The smallest absolute Gasteiger partial charge is 0.245 e. The van der Waals surface area contributed by atoms with E-state index in [2.05, 4.69) is 47.5 Å². The van der Waals surface area contributed by atoms with Crippen LogP contribution in [0.3, 0.4) is 0 Å². The van der Waals surface area contributed by atoms with Crippen molar-refractivity contribution in [3.05, 3.63) is 0 Å². The number of unbranched alkanes of at least 4 members (excludes halogenated alkanes) is 5. The summed E-state index contributed by atoms with van der Waals surface area (Å²) >= 11 is 0. The summed E-state index contributed by atoms with van der Waals surface area (Å²) in [6, 6.07) is -0.760. The highest BCUT2D eigenvalue weighted by atomic mass is 16.6. The van der Waals surface area contributed by atoms with Gasteiger partial charge in [-0.25, -0.2) is 0 Å². The van der Waals surface area contributed by atoms with E-state index in [4.69, 9.17) is 43.6 Å². The average molecular weight is 1290 g/mol. The summed E-state index contributed by atoms with van der Waals surface area (Å²) in [7, 11) is 3.21. The molecule has 0 saturated carbocycles. The number of ketones is 3. The molecule has 0 fully saturated rings. The van der Waals surface area contributed by atoms with E-state index in [1.807, 2.05) is 27.7 Å². The van der Waals surface area contributed by atoms with Gasteiger partial charge in [-0.2, -0.15) is 0 Å². The van der Waals surface area contributed by atoms with Crippen molar-refractivity contribution in [3.63, 3.8) is 0 Å². The first kappa shape index (κ1) is 84.9. The van der Waals surface area contributed by atoms with Crippen molar-refractivity contribution in [1.29, 1.82) is 0 Å². The fourth-order valence-electron chi connectivity index (χ4n) is 8.46. The SMILES string of the molecule is CNC(=O)[C@H](CCCCNC(=O)COCCOCCOCC(=O)CCCCOCCOCCOCCCCC(=O)CCCCOCCOCC(=O)NCCCC[C@H](NC)C(N)=O)CC(=O)CCCC(=O)NC(CNC(C)(C)/C(C)=N\O)CNC(C)(C)/C(C)=N\O. The summed E-state index contributed by atoms with van der Waals surface area (Å²) in [5.41, 5.74) is 4.91. The number of hydrogen-bond acceptors (Lipinski definition) is 23. The molecule has 0 aromatic carbocycles. The molecule has 0 radical (unpaired) electrons. The van der Waals surface area contributed by atoms with Crippen LogP contribution in [0.15, 0.2) is 10.3 Å². The Balaban J connectivity index is 3.84. The summed E-state index contributed by atoms with van der Waals surface area (Å²) in [6.45, 7) is 17.2. The Bertz CT molecular complexity index is 2000. The highest BCUT2D eigenvalue weighted by Gasteiger charge is 2.28. The summed E-state index contributed by atoms with van der Waals surface area (Å²) in [6.07, 6.45) is 10.3. The van der Waals surface area contributed by atoms with Crippen molar-refractivity contribution in [2.75, 3.05) is 146 Å². The number of hydrogen-bond donors (Lipinski definition) is 10. The Hall–Kier alpha value is -5.14. The van der Waals surface area contributed by atoms with Crippen molar-refractivity contribution in [2.45, 2.75) is 187 Å². The third kappa shape index (κ3) is 48.6.